The molecule has 3 heterocycles. The first-order valence-corrected chi connectivity index (χ1v) is 8.57. The van der Waals surface area contributed by atoms with Gasteiger partial charge in [0.1, 0.15) is 5.69 Å². The van der Waals surface area contributed by atoms with Gasteiger partial charge in [-0.05, 0) is 13.2 Å². The maximum Gasteiger partial charge on any atom is 0.219 e. The van der Waals surface area contributed by atoms with E-state index in [-0.39, 0.29) is 5.91 Å². The fourth-order valence-corrected chi connectivity index (χ4v) is 3.50. The van der Waals surface area contributed by atoms with Crippen LogP contribution in [0.2, 0.25) is 0 Å². The number of amides is 1. The van der Waals surface area contributed by atoms with Crippen LogP contribution in [0.15, 0.2) is 5.16 Å². The SMILES string of the molecule is CCn1c(SC)nnc1-c1nn(C)c2c1CN(C(C)=O)CC2. The molecule has 2 aromatic heterocycles. The Balaban J connectivity index is 2.10. The molecule has 0 saturated heterocycles. The van der Waals surface area contributed by atoms with Crippen molar-refractivity contribution >= 4 is 17.7 Å². The molecular formula is C14H20N6OS. The van der Waals surface area contributed by atoms with Crippen LogP contribution < -0.4 is 0 Å². The van der Waals surface area contributed by atoms with Crippen molar-refractivity contribution < 1.29 is 4.79 Å². The highest BCUT2D eigenvalue weighted by atomic mass is 32.2. The number of hydrogen-bond donors (Lipinski definition) is 0. The third-order valence-electron chi connectivity index (χ3n) is 4.12. The quantitative estimate of drug-likeness (QED) is 0.798. The van der Waals surface area contributed by atoms with Gasteiger partial charge in [0.15, 0.2) is 11.0 Å². The molecule has 0 aromatic carbocycles. The van der Waals surface area contributed by atoms with Crippen LogP contribution in [0.4, 0.5) is 0 Å². The highest BCUT2D eigenvalue weighted by molar-refractivity contribution is 7.98. The minimum Gasteiger partial charge on any atom is -0.338 e. The highest BCUT2D eigenvalue weighted by Crippen LogP contribution is 2.30. The summed E-state index contributed by atoms with van der Waals surface area (Å²) in [6.45, 7) is 5.82. The number of fused-ring (bicyclic) bond motifs is 1. The van der Waals surface area contributed by atoms with Gasteiger partial charge in [-0.25, -0.2) is 0 Å². The molecule has 8 heteroatoms. The Hall–Kier alpha value is -1.83. The molecule has 0 aliphatic carbocycles. The summed E-state index contributed by atoms with van der Waals surface area (Å²) in [6, 6.07) is 0. The van der Waals surface area contributed by atoms with E-state index in [9.17, 15) is 4.79 Å². The Bertz CT molecular complexity index is 719. The third-order valence-corrected chi connectivity index (χ3v) is 4.78. The van der Waals surface area contributed by atoms with E-state index in [1.807, 2.05) is 22.9 Å². The van der Waals surface area contributed by atoms with Gasteiger partial charge in [0.25, 0.3) is 0 Å². The fraction of sp³-hybridized carbons (Fsp3) is 0.571. The average molecular weight is 320 g/mol. The van der Waals surface area contributed by atoms with E-state index < -0.39 is 0 Å². The second-order valence-electron chi connectivity index (χ2n) is 5.34. The first-order valence-electron chi connectivity index (χ1n) is 7.34. The van der Waals surface area contributed by atoms with Crippen molar-refractivity contribution in [1.29, 1.82) is 0 Å². The van der Waals surface area contributed by atoms with Crippen molar-refractivity contribution in [2.75, 3.05) is 12.8 Å². The number of nitrogens with zero attached hydrogens (tertiary/aromatic N) is 6. The number of carbonyl (C=O) groups is 1. The maximum absolute atomic E-state index is 11.7. The fourth-order valence-electron chi connectivity index (χ4n) is 2.94. The Morgan fingerprint density at radius 3 is 2.77 bits per heavy atom. The van der Waals surface area contributed by atoms with Crippen LogP contribution in [0, 0.1) is 0 Å². The zero-order valence-corrected chi connectivity index (χ0v) is 14.1. The van der Waals surface area contributed by atoms with Crippen LogP contribution in [0.3, 0.4) is 0 Å². The summed E-state index contributed by atoms with van der Waals surface area (Å²) in [4.78, 5) is 13.6. The van der Waals surface area contributed by atoms with Gasteiger partial charge < -0.3 is 9.47 Å². The molecule has 0 fully saturated rings. The molecule has 0 atom stereocenters. The summed E-state index contributed by atoms with van der Waals surface area (Å²) in [5, 5.41) is 14.1. The van der Waals surface area contributed by atoms with Gasteiger partial charge in [-0.15, -0.1) is 10.2 Å². The molecule has 2 aromatic rings. The zero-order chi connectivity index (χ0) is 15.9. The zero-order valence-electron chi connectivity index (χ0n) is 13.3. The van der Waals surface area contributed by atoms with E-state index in [0.717, 1.165) is 41.7 Å². The third kappa shape index (κ3) is 2.31. The average Bonchev–Trinajstić information content (AvgIpc) is 3.07. The van der Waals surface area contributed by atoms with E-state index in [4.69, 9.17) is 0 Å². The lowest BCUT2D eigenvalue weighted by atomic mass is 10.0. The second-order valence-corrected chi connectivity index (χ2v) is 6.12. The van der Waals surface area contributed by atoms with Crippen molar-refractivity contribution in [2.45, 2.75) is 38.5 Å². The Morgan fingerprint density at radius 1 is 1.36 bits per heavy atom. The summed E-state index contributed by atoms with van der Waals surface area (Å²) in [6.07, 6.45) is 2.82. The first-order chi connectivity index (χ1) is 10.6. The Kier molecular flexibility index (Phi) is 3.94. The normalized spacial score (nSPS) is 14.3. The van der Waals surface area contributed by atoms with Gasteiger partial charge in [0.2, 0.25) is 5.91 Å². The summed E-state index contributed by atoms with van der Waals surface area (Å²) >= 11 is 1.58. The van der Waals surface area contributed by atoms with Gasteiger partial charge in [-0.2, -0.15) is 5.10 Å². The largest absolute Gasteiger partial charge is 0.338 e. The topological polar surface area (TPSA) is 68.8 Å². The summed E-state index contributed by atoms with van der Waals surface area (Å²) in [5.74, 6) is 0.885. The van der Waals surface area contributed by atoms with E-state index in [2.05, 4.69) is 26.8 Å². The van der Waals surface area contributed by atoms with Crippen molar-refractivity contribution in [3.63, 3.8) is 0 Å². The lowest BCUT2D eigenvalue weighted by Gasteiger charge is -2.26. The van der Waals surface area contributed by atoms with Crippen LogP contribution in [-0.4, -0.2) is 48.2 Å². The highest BCUT2D eigenvalue weighted by Gasteiger charge is 2.28. The standard InChI is InChI=1S/C14H20N6OS/c1-5-20-13(15-16-14(20)22-4)12-10-8-19(9(2)21)7-6-11(10)18(3)17-12/h5-8H2,1-4H3. The number of hydrogen-bond acceptors (Lipinski definition) is 5. The number of rotatable bonds is 3. The minimum atomic E-state index is 0.0993. The van der Waals surface area contributed by atoms with Crippen LogP contribution in [0.5, 0.6) is 0 Å². The maximum atomic E-state index is 11.7. The molecule has 1 aliphatic heterocycles. The van der Waals surface area contributed by atoms with E-state index in [0.29, 0.717) is 6.54 Å². The van der Waals surface area contributed by atoms with Gasteiger partial charge in [0, 0.05) is 51.3 Å². The van der Waals surface area contributed by atoms with Crippen molar-refractivity contribution in [1.82, 2.24) is 29.4 Å². The van der Waals surface area contributed by atoms with Crippen molar-refractivity contribution in [2.24, 2.45) is 7.05 Å². The minimum absolute atomic E-state index is 0.0993. The van der Waals surface area contributed by atoms with Gasteiger partial charge in [-0.3, -0.25) is 9.48 Å². The van der Waals surface area contributed by atoms with Crippen LogP contribution >= 0.6 is 11.8 Å². The van der Waals surface area contributed by atoms with E-state index >= 15 is 0 Å². The number of aromatic nitrogens is 5. The van der Waals surface area contributed by atoms with Crippen LogP contribution in [0.1, 0.15) is 25.1 Å². The van der Waals surface area contributed by atoms with Crippen molar-refractivity contribution in [3.8, 4) is 11.5 Å². The summed E-state index contributed by atoms with van der Waals surface area (Å²) in [5.41, 5.74) is 3.13. The monoisotopic (exact) mass is 320 g/mol. The lowest BCUT2D eigenvalue weighted by Crippen LogP contribution is -2.34. The molecule has 1 aliphatic rings. The molecule has 22 heavy (non-hydrogen) atoms. The molecule has 0 N–H and O–H groups in total. The van der Waals surface area contributed by atoms with Gasteiger partial charge >= 0.3 is 0 Å². The molecule has 0 radical (unpaired) electrons. The molecular weight excluding hydrogens is 300 g/mol. The molecule has 3 rings (SSSR count). The van der Waals surface area contributed by atoms with Gasteiger partial charge in [0.05, 0.1) is 0 Å². The molecule has 0 unspecified atom stereocenters. The Labute approximate surface area is 133 Å². The predicted octanol–water partition coefficient (Wildman–Crippen LogP) is 1.32. The second kappa shape index (κ2) is 5.75. The summed E-state index contributed by atoms with van der Waals surface area (Å²) in [7, 11) is 1.95. The van der Waals surface area contributed by atoms with Crippen LogP contribution in [-0.2, 0) is 31.4 Å². The molecule has 0 saturated carbocycles. The summed E-state index contributed by atoms with van der Waals surface area (Å²) < 4.78 is 3.98. The van der Waals surface area contributed by atoms with Gasteiger partial charge in [-0.1, -0.05) is 11.8 Å². The molecule has 7 nitrogen and oxygen atoms in total. The lowest BCUT2D eigenvalue weighted by molar-refractivity contribution is -0.129. The van der Waals surface area contributed by atoms with E-state index in [1.165, 1.54) is 5.69 Å². The smallest absolute Gasteiger partial charge is 0.219 e. The molecule has 1 amide bonds. The number of thioether (sulfide) groups is 1. The molecule has 0 spiro atoms. The molecule has 0 bridgehead atoms. The predicted molar refractivity (Wildman–Crippen MR) is 84.5 cm³/mol. The van der Waals surface area contributed by atoms with Crippen molar-refractivity contribution in [3.05, 3.63) is 11.3 Å². The van der Waals surface area contributed by atoms with E-state index in [1.54, 1.807) is 18.7 Å². The van der Waals surface area contributed by atoms with Crippen LogP contribution in [0.25, 0.3) is 11.5 Å². The molecule has 118 valence electrons. The Morgan fingerprint density at radius 2 is 2.14 bits per heavy atom. The number of carbonyl (C=O) groups excluding carboxylic acids is 1. The number of aryl methyl sites for hydroxylation is 1. The first kappa shape index (κ1) is 15.1.